The van der Waals surface area contributed by atoms with Crippen LogP contribution in [-0.2, 0) is 43.2 Å². The number of nitrogens with two attached hydrogens (primary N) is 1. The molecule has 20 heteroatoms. The van der Waals surface area contributed by atoms with E-state index in [1.807, 2.05) is 10.6 Å². The third-order valence-electron chi connectivity index (χ3n) is 6.10. The molecule has 0 saturated carbocycles. The van der Waals surface area contributed by atoms with Crippen LogP contribution in [-0.4, -0.2) is 122 Å². The number of nitrogens with one attached hydrogen (secondary N) is 5. The van der Waals surface area contributed by atoms with Crippen molar-refractivity contribution in [2.75, 3.05) is 6.61 Å². The number of carbonyl (C=O) groups is 9. The molecular weight excluding hydrogens is 596 g/mol. The lowest BCUT2D eigenvalue weighted by molar-refractivity contribution is -0.144. The van der Waals surface area contributed by atoms with Gasteiger partial charge in [0.15, 0.2) is 0 Å². The van der Waals surface area contributed by atoms with E-state index in [-0.39, 0.29) is 6.42 Å². The van der Waals surface area contributed by atoms with Crippen LogP contribution in [0.15, 0.2) is 0 Å². The molecule has 0 saturated heterocycles. The summed E-state index contributed by atoms with van der Waals surface area (Å²) in [5.41, 5.74) is 5.43. The standard InChI is InChI=1S/C24H38N6O14/c1-4-9(2)18(23(42)28-13(7-17(36)37)22(41)29-14(8-31)24(43)44)30-19(38)10(3)26-21(40)12(6-16(34)35)27-20(39)11(25)5-15(32)33/h9-14,18,31H,4-8,25H2,1-3H3,(H,26,40)(H,27,39)(H,28,42)(H,29,41)(H,30,38)(H,32,33)(H,34,35)(H,36,37)(H,43,44)/t9-,10-,11-,12-,13-,14-,18-/m0/s1. The van der Waals surface area contributed by atoms with Crippen molar-refractivity contribution in [3.8, 4) is 0 Å². The first-order chi connectivity index (χ1) is 20.3. The monoisotopic (exact) mass is 634 g/mol. The third-order valence-corrected chi connectivity index (χ3v) is 6.10. The van der Waals surface area contributed by atoms with Gasteiger partial charge < -0.3 is 57.9 Å². The lowest BCUT2D eigenvalue weighted by atomic mass is 9.97. The van der Waals surface area contributed by atoms with Crippen molar-refractivity contribution in [3.05, 3.63) is 0 Å². The van der Waals surface area contributed by atoms with Crippen molar-refractivity contribution < 1.29 is 68.7 Å². The number of carbonyl (C=O) groups excluding carboxylic acids is 5. The zero-order valence-electron chi connectivity index (χ0n) is 24.1. The van der Waals surface area contributed by atoms with Crippen LogP contribution < -0.4 is 32.3 Å². The first-order valence-corrected chi connectivity index (χ1v) is 13.1. The summed E-state index contributed by atoms with van der Waals surface area (Å²) >= 11 is 0. The highest BCUT2D eigenvalue weighted by molar-refractivity contribution is 5.98. The summed E-state index contributed by atoms with van der Waals surface area (Å²) in [6, 6.07) is -9.88. The number of carboxylic acid groups (broad SMARTS) is 4. The van der Waals surface area contributed by atoms with Gasteiger partial charge in [0.05, 0.1) is 31.9 Å². The highest BCUT2D eigenvalue weighted by Gasteiger charge is 2.34. The van der Waals surface area contributed by atoms with Crippen LogP contribution >= 0.6 is 0 Å². The minimum Gasteiger partial charge on any atom is -0.481 e. The number of aliphatic carboxylic acids is 4. The highest BCUT2D eigenvalue weighted by Crippen LogP contribution is 2.10. The maximum absolute atomic E-state index is 13.1. The number of hydrogen-bond donors (Lipinski definition) is 11. The Balaban J connectivity index is 5.75. The SMILES string of the molecule is CC[C@H](C)[C@H](NC(=O)[C@H](C)NC(=O)[C@H](CC(=O)O)NC(=O)[C@@H](N)CC(=O)O)C(=O)N[C@@H](CC(=O)O)C(=O)N[C@@H](CO)C(=O)O. The Hall–Kier alpha value is -4.85. The van der Waals surface area contributed by atoms with Crippen LogP contribution in [0.2, 0.25) is 0 Å². The smallest absolute Gasteiger partial charge is 0.328 e. The maximum atomic E-state index is 13.1. The van der Waals surface area contributed by atoms with E-state index in [9.17, 15) is 43.2 Å². The number of rotatable bonds is 20. The van der Waals surface area contributed by atoms with Gasteiger partial charge >= 0.3 is 23.9 Å². The van der Waals surface area contributed by atoms with Gasteiger partial charge in [-0.15, -0.1) is 0 Å². The Kier molecular flexibility index (Phi) is 16.6. The van der Waals surface area contributed by atoms with Crippen LogP contribution in [0, 0.1) is 5.92 Å². The normalized spacial score (nSPS) is 15.5. The summed E-state index contributed by atoms with van der Waals surface area (Å²) < 4.78 is 0. The second-order valence-corrected chi connectivity index (χ2v) is 9.71. The minimum absolute atomic E-state index is 0.268. The number of hydrogen-bond acceptors (Lipinski definition) is 11. The molecule has 0 fully saturated rings. The number of aliphatic hydroxyl groups is 1. The van der Waals surface area contributed by atoms with Crippen LogP contribution in [0.4, 0.5) is 0 Å². The Labute approximate surface area is 250 Å². The first-order valence-electron chi connectivity index (χ1n) is 13.1. The van der Waals surface area contributed by atoms with Gasteiger partial charge in [-0.3, -0.25) is 38.4 Å². The van der Waals surface area contributed by atoms with E-state index in [0.29, 0.717) is 0 Å². The molecule has 248 valence electrons. The van der Waals surface area contributed by atoms with Gasteiger partial charge in [0.1, 0.15) is 30.2 Å². The molecule has 0 spiro atoms. The molecule has 0 aromatic heterocycles. The van der Waals surface area contributed by atoms with Gasteiger partial charge in [0, 0.05) is 0 Å². The van der Waals surface area contributed by atoms with Crippen molar-refractivity contribution in [2.24, 2.45) is 11.7 Å². The third kappa shape index (κ3) is 13.9. The molecule has 0 aromatic rings. The first kappa shape index (κ1) is 39.1. The Morgan fingerprint density at radius 2 is 1.02 bits per heavy atom. The van der Waals surface area contributed by atoms with E-state index < -0.39 is 121 Å². The van der Waals surface area contributed by atoms with E-state index in [1.54, 1.807) is 6.92 Å². The molecule has 0 radical (unpaired) electrons. The summed E-state index contributed by atoms with van der Waals surface area (Å²) in [6.07, 6.45) is -2.50. The fraction of sp³-hybridized carbons (Fsp3) is 0.625. The quantitative estimate of drug-likeness (QED) is 0.0599. The van der Waals surface area contributed by atoms with Crippen molar-refractivity contribution in [1.29, 1.82) is 0 Å². The van der Waals surface area contributed by atoms with Crippen molar-refractivity contribution in [1.82, 2.24) is 26.6 Å². The van der Waals surface area contributed by atoms with E-state index in [1.165, 1.54) is 6.92 Å². The van der Waals surface area contributed by atoms with Crippen LogP contribution in [0.25, 0.3) is 0 Å². The minimum atomic E-state index is -1.82. The van der Waals surface area contributed by atoms with Crippen LogP contribution in [0.5, 0.6) is 0 Å². The van der Waals surface area contributed by atoms with Crippen molar-refractivity contribution >= 4 is 53.4 Å². The van der Waals surface area contributed by atoms with Crippen LogP contribution in [0.3, 0.4) is 0 Å². The molecule has 0 aliphatic rings. The number of carboxylic acids is 4. The molecule has 0 rings (SSSR count). The van der Waals surface area contributed by atoms with E-state index in [2.05, 4.69) is 16.0 Å². The molecule has 5 amide bonds. The predicted molar refractivity (Wildman–Crippen MR) is 144 cm³/mol. The Morgan fingerprint density at radius 1 is 0.591 bits per heavy atom. The summed E-state index contributed by atoms with van der Waals surface area (Å²) in [5.74, 6) is -12.4. The molecule has 20 nitrogen and oxygen atoms in total. The fourth-order valence-electron chi connectivity index (χ4n) is 3.41. The predicted octanol–water partition coefficient (Wildman–Crippen LogP) is -4.70. The topological polar surface area (TPSA) is 341 Å². The zero-order valence-corrected chi connectivity index (χ0v) is 24.1. The molecule has 7 atom stereocenters. The Bertz CT molecular complexity index is 1110. The maximum Gasteiger partial charge on any atom is 0.328 e. The Morgan fingerprint density at radius 3 is 1.43 bits per heavy atom. The van der Waals surface area contributed by atoms with Gasteiger partial charge in [-0.1, -0.05) is 20.3 Å². The van der Waals surface area contributed by atoms with Crippen molar-refractivity contribution in [2.45, 2.75) is 82.7 Å². The van der Waals surface area contributed by atoms with E-state index >= 15 is 0 Å². The summed E-state index contributed by atoms with van der Waals surface area (Å²) in [4.78, 5) is 108. The highest BCUT2D eigenvalue weighted by atomic mass is 16.4. The second kappa shape index (κ2) is 18.6. The molecule has 0 aromatic carbocycles. The average Bonchev–Trinajstić information content (AvgIpc) is 2.91. The molecule has 0 bridgehead atoms. The van der Waals surface area contributed by atoms with Gasteiger partial charge in [0.2, 0.25) is 29.5 Å². The van der Waals surface area contributed by atoms with Crippen LogP contribution in [0.1, 0.15) is 46.5 Å². The largest absolute Gasteiger partial charge is 0.481 e. The zero-order chi connectivity index (χ0) is 34.3. The number of aliphatic hydroxyl groups excluding tert-OH is 1. The van der Waals surface area contributed by atoms with Gasteiger partial charge in [-0.2, -0.15) is 0 Å². The average molecular weight is 635 g/mol. The van der Waals surface area contributed by atoms with Gasteiger partial charge in [0.25, 0.3) is 0 Å². The summed E-state index contributed by atoms with van der Waals surface area (Å²) in [6.45, 7) is 3.27. The molecule has 0 unspecified atom stereocenters. The van der Waals surface area contributed by atoms with Crippen molar-refractivity contribution in [3.63, 3.8) is 0 Å². The van der Waals surface area contributed by atoms with Gasteiger partial charge in [-0.25, -0.2) is 4.79 Å². The second-order valence-electron chi connectivity index (χ2n) is 9.71. The molecule has 0 heterocycles. The molecule has 0 aliphatic carbocycles. The number of amides is 5. The van der Waals surface area contributed by atoms with E-state index in [4.69, 9.17) is 31.3 Å². The molecular formula is C24H38N6O14. The van der Waals surface area contributed by atoms with Gasteiger partial charge in [-0.05, 0) is 12.8 Å². The molecule has 0 aliphatic heterocycles. The summed E-state index contributed by atoms with van der Waals surface area (Å²) in [5, 5.41) is 55.7. The fourth-order valence-corrected chi connectivity index (χ4v) is 3.41. The molecule has 44 heavy (non-hydrogen) atoms. The summed E-state index contributed by atoms with van der Waals surface area (Å²) in [7, 11) is 0. The van der Waals surface area contributed by atoms with E-state index in [0.717, 1.165) is 6.92 Å². The lowest BCUT2D eigenvalue weighted by Crippen LogP contribution is -2.60. The lowest BCUT2D eigenvalue weighted by Gasteiger charge is -2.28. The molecule has 12 N–H and O–H groups in total.